The van der Waals surface area contributed by atoms with Crippen LogP contribution in [0.15, 0.2) is 30.9 Å². The summed E-state index contributed by atoms with van der Waals surface area (Å²) in [5.41, 5.74) is 1.04. The molecule has 1 aromatic heterocycles. The van der Waals surface area contributed by atoms with Crippen LogP contribution in [-0.2, 0) is 0 Å². The van der Waals surface area contributed by atoms with E-state index in [9.17, 15) is 0 Å². The van der Waals surface area contributed by atoms with Gasteiger partial charge in [0.25, 0.3) is 0 Å². The summed E-state index contributed by atoms with van der Waals surface area (Å²) in [5, 5.41) is 5.37. The number of hydrogen-bond acceptors (Lipinski definition) is 3. The maximum atomic E-state index is 6.35. The maximum absolute atomic E-state index is 6.35. The zero-order valence-corrected chi connectivity index (χ0v) is 13.8. The minimum absolute atomic E-state index is 0.112. The van der Waals surface area contributed by atoms with E-state index in [1.165, 1.54) is 6.33 Å². The molecule has 6 heteroatoms. The third kappa shape index (κ3) is 3.68. The van der Waals surface area contributed by atoms with E-state index in [4.69, 9.17) is 35.8 Å². The second kappa shape index (κ2) is 6.83. The highest BCUT2D eigenvalue weighted by molar-refractivity contribution is 7.80. The number of thiol groups is 1. The molecule has 2 aromatic rings. The van der Waals surface area contributed by atoms with Crippen LogP contribution in [0, 0.1) is 5.92 Å². The first-order chi connectivity index (χ1) is 9.49. The van der Waals surface area contributed by atoms with Gasteiger partial charge >= 0.3 is 0 Å². The SMILES string of the molecule is CC(C)CC(c1ccc(Cl)cc1Cl)C(S)n1cncn1. The van der Waals surface area contributed by atoms with Crippen molar-refractivity contribution in [1.29, 1.82) is 0 Å². The highest BCUT2D eigenvalue weighted by Crippen LogP contribution is 2.40. The van der Waals surface area contributed by atoms with E-state index < -0.39 is 0 Å². The standard InChI is InChI=1S/C14H17Cl2N3S/c1-9(2)5-12(14(20)19-8-17-7-18-19)11-4-3-10(15)6-13(11)16/h3-4,6-9,12,14,20H,5H2,1-2H3. The van der Waals surface area contributed by atoms with Crippen molar-refractivity contribution in [3.8, 4) is 0 Å². The summed E-state index contributed by atoms with van der Waals surface area (Å²) in [6, 6.07) is 5.60. The lowest BCUT2D eigenvalue weighted by atomic mass is 9.90. The first-order valence-electron chi connectivity index (χ1n) is 6.46. The molecule has 2 atom stereocenters. The zero-order valence-electron chi connectivity index (χ0n) is 11.4. The van der Waals surface area contributed by atoms with Gasteiger partial charge in [0.2, 0.25) is 0 Å². The fourth-order valence-corrected chi connectivity index (χ4v) is 3.21. The monoisotopic (exact) mass is 329 g/mol. The number of benzene rings is 1. The number of rotatable bonds is 5. The van der Waals surface area contributed by atoms with Gasteiger partial charge in [-0.1, -0.05) is 43.1 Å². The normalized spacial score (nSPS) is 14.5. The molecule has 3 nitrogen and oxygen atoms in total. The summed E-state index contributed by atoms with van der Waals surface area (Å²) in [4.78, 5) is 3.98. The van der Waals surface area contributed by atoms with Crippen molar-refractivity contribution in [2.24, 2.45) is 5.92 Å². The Morgan fingerprint density at radius 1 is 1.30 bits per heavy atom. The lowest BCUT2D eigenvalue weighted by Crippen LogP contribution is -2.16. The Morgan fingerprint density at radius 2 is 2.05 bits per heavy atom. The van der Waals surface area contributed by atoms with Gasteiger partial charge in [-0.05, 0) is 30.0 Å². The second-order valence-electron chi connectivity index (χ2n) is 5.19. The van der Waals surface area contributed by atoms with E-state index in [0.717, 1.165) is 12.0 Å². The first kappa shape index (κ1) is 15.7. The molecule has 0 saturated carbocycles. The molecular weight excluding hydrogens is 313 g/mol. The fraction of sp³-hybridized carbons (Fsp3) is 0.429. The highest BCUT2D eigenvalue weighted by Gasteiger charge is 2.25. The molecule has 0 fully saturated rings. The topological polar surface area (TPSA) is 30.7 Å². The Morgan fingerprint density at radius 3 is 2.60 bits per heavy atom. The van der Waals surface area contributed by atoms with Crippen LogP contribution in [-0.4, -0.2) is 14.8 Å². The van der Waals surface area contributed by atoms with Crippen molar-refractivity contribution in [3.05, 3.63) is 46.5 Å². The molecule has 0 radical (unpaired) electrons. The van der Waals surface area contributed by atoms with E-state index in [1.54, 1.807) is 17.1 Å². The van der Waals surface area contributed by atoms with E-state index >= 15 is 0 Å². The molecule has 0 saturated heterocycles. The van der Waals surface area contributed by atoms with Crippen LogP contribution in [0.5, 0.6) is 0 Å². The molecule has 1 aromatic carbocycles. The predicted molar refractivity (Wildman–Crippen MR) is 86.7 cm³/mol. The fourth-order valence-electron chi connectivity index (χ4n) is 2.26. The van der Waals surface area contributed by atoms with Crippen LogP contribution >= 0.6 is 35.8 Å². The van der Waals surface area contributed by atoms with Gasteiger partial charge in [0.15, 0.2) is 0 Å². The average molecular weight is 330 g/mol. The molecule has 0 aliphatic carbocycles. The molecule has 0 bridgehead atoms. The Kier molecular flexibility index (Phi) is 5.35. The van der Waals surface area contributed by atoms with Crippen molar-refractivity contribution in [1.82, 2.24) is 14.8 Å². The Labute approximate surface area is 134 Å². The summed E-state index contributed by atoms with van der Waals surface area (Å²) < 4.78 is 1.75. The summed E-state index contributed by atoms with van der Waals surface area (Å²) in [6.07, 6.45) is 4.14. The number of hydrogen-bond donors (Lipinski definition) is 1. The molecule has 0 spiro atoms. The van der Waals surface area contributed by atoms with Crippen LogP contribution < -0.4 is 0 Å². The van der Waals surface area contributed by atoms with E-state index in [-0.39, 0.29) is 11.3 Å². The average Bonchev–Trinajstić information content (AvgIpc) is 2.89. The second-order valence-corrected chi connectivity index (χ2v) is 6.56. The van der Waals surface area contributed by atoms with E-state index in [1.807, 2.05) is 12.1 Å². The van der Waals surface area contributed by atoms with Gasteiger partial charge < -0.3 is 0 Å². The molecule has 108 valence electrons. The van der Waals surface area contributed by atoms with Crippen molar-refractivity contribution in [2.75, 3.05) is 0 Å². The van der Waals surface area contributed by atoms with Gasteiger partial charge in [-0.3, -0.25) is 0 Å². The zero-order chi connectivity index (χ0) is 14.7. The number of aromatic nitrogens is 3. The van der Waals surface area contributed by atoms with Gasteiger partial charge in [0.05, 0.1) is 0 Å². The number of halogens is 2. The molecular formula is C14H17Cl2N3S. The van der Waals surface area contributed by atoms with Gasteiger partial charge in [-0.25, -0.2) is 9.67 Å². The highest BCUT2D eigenvalue weighted by atomic mass is 35.5. The van der Waals surface area contributed by atoms with Crippen molar-refractivity contribution in [2.45, 2.75) is 31.6 Å². The van der Waals surface area contributed by atoms with Gasteiger partial charge in [-0.15, -0.1) is 0 Å². The van der Waals surface area contributed by atoms with Crippen LogP contribution in [0.1, 0.15) is 37.1 Å². The third-order valence-corrected chi connectivity index (χ3v) is 4.31. The summed E-state index contributed by atoms with van der Waals surface area (Å²) >= 11 is 17.0. The molecule has 0 aliphatic heterocycles. The lowest BCUT2D eigenvalue weighted by Gasteiger charge is -2.26. The van der Waals surface area contributed by atoms with Crippen molar-refractivity contribution < 1.29 is 0 Å². The van der Waals surface area contributed by atoms with Crippen molar-refractivity contribution in [3.63, 3.8) is 0 Å². The van der Waals surface area contributed by atoms with Crippen LogP contribution in [0.25, 0.3) is 0 Å². The molecule has 2 unspecified atom stereocenters. The largest absolute Gasteiger partial charge is 0.240 e. The third-order valence-electron chi connectivity index (χ3n) is 3.15. The minimum atomic E-state index is -0.112. The Bertz CT molecular complexity index is 558. The molecule has 20 heavy (non-hydrogen) atoms. The van der Waals surface area contributed by atoms with Crippen molar-refractivity contribution >= 4 is 35.8 Å². The van der Waals surface area contributed by atoms with Gasteiger partial charge in [-0.2, -0.15) is 17.7 Å². The summed E-state index contributed by atoms with van der Waals surface area (Å²) in [6.45, 7) is 4.36. The number of nitrogens with zero attached hydrogens (tertiary/aromatic N) is 3. The first-order valence-corrected chi connectivity index (χ1v) is 7.73. The minimum Gasteiger partial charge on any atom is -0.240 e. The Balaban J connectivity index is 2.36. The molecule has 0 N–H and O–H groups in total. The lowest BCUT2D eigenvalue weighted by molar-refractivity contribution is 0.423. The maximum Gasteiger partial charge on any atom is 0.137 e. The molecule has 1 heterocycles. The molecule has 0 amide bonds. The van der Waals surface area contributed by atoms with Crippen LogP contribution in [0.3, 0.4) is 0 Å². The summed E-state index contributed by atoms with van der Waals surface area (Å²) in [7, 11) is 0. The smallest absolute Gasteiger partial charge is 0.137 e. The Hall–Kier alpha value is -0.710. The van der Waals surface area contributed by atoms with E-state index in [2.05, 4.69) is 23.9 Å². The summed E-state index contributed by atoms with van der Waals surface area (Å²) in [5.74, 6) is 0.662. The predicted octanol–water partition coefficient (Wildman–Crippen LogP) is 4.84. The molecule has 2 rings (SSSR count). The van der Waals surface area contributed by atoms with Gasteiger partial charge in [0.1, 0.15) is 18.0 Å². The van der Waals surface area contributed by atoms with Crippen LogP contribution in [0.4, 0.5) is 0 Å². The quantitative estimate of drug-likeness (QED) is 0.795. The van der Waals surface area contributed by atoms with Gasteiger partial charge in [0, 0.05) is 16.0 Å². The molecule has 0 aliphatic rings. The van der Waals surface area contributed by atoms with Crippen LogP contribution in [0.2, 0.25) is 10.0 Å². The van der Waals surface area contributed by atoms with E-state index in [0.29, 0.717) is 16.0 Å².